The number of phenolic OH excluding ortho intramolecular Hbond substituents is 2. The van der Waals surface area contributed by atoms with E-state index in [1.807, 2.05) is 13.0 Å². The Morgan fingerprint density at radius 1 is 1.42 bits per heavy atom. The van der Waals surface area contributed by atoms with Crippen LogP contribution in [0.15, 0.2) is 12.1 Å². The van der Waals surface area contributed by atoms with E-state index in [4.69, 9.17) is 0 Å². The van der Waals surface area contributed by atoms with Crippen LogP contribution in [0.5, 0.6) is 11.5 Å². The van der Waals surface area contributed by atoms with Gasteiger partial charge in [0, 0.05) is 18.5 Å². The molecule has 1 atom stereocenters. The Morgan fingerprint density at radius 3 is 2.95 bits per heavy atom. The van der Waals surface area contributed by atoms with Gasteiger partial charge in [0.2, 0.25) is 5.91 Å². The van der Waals surface area contributed by atoms with Gasteiger partial charge in [-0.25, -0.2) is 0 Å². The number of carbonyl (C=O) groups is 1. The molecule has 104 valence electrons. The lowest BCUT2D eigenvalue weighted by Crippen LogP contribution is -2.24. The molecule has 1 aliphatic rings. The first-order valence-corrected chi connectivity index (χ1v) is 6.93. The lowest BCUT2D eigenvalue weighted by molar-refractivity contribution is -0.121. The van der Waals surface area contributed by atoms with Crippen LogP contribution in [0.1, 0.15) is 49.7 Å². The number of amides is 1. The standard InChI is InChI=1S/C15H21NO3/c1-2-3-13(18)16-9-8-11-5-4-10-6-7-12(17)15(19)14(10)11/h6-7,11,17,19H,2-5,8-9H2,1H3,(H,16,18)/t11-/m0/s1. The number of rotatable bonds is 5. The Balaban J connectivity index is 1.95. The second kappa shape index (κ2) is 5.95. The van der Waals surface area contributed by atoms with Gasteiger partial charge in [0.15, 0.2) is 11.5 Å². The first-order chi connectivity index (χ1) is 9.13. The Bertz CT molecular complexity index is 471. The van der Waals surface area contributed by atoms with E-state index in [1.165, 1.54) is 0 Å². The number of aromatic hydroxyl groups is 2. The number of carbonyl (C=O) groups excluding carboxylic acids is 1. The van der Waals surface area contributed by atoms with Crippen LogP contribution in [0, 0.1) is 0 Å². The molecule has 2 rings (SSSR count). The minimum Gasteiger partial charge on any atom is -0.504 e. The van der Waals surface area contributed by atoms with Crippen LogP contribution in [0.2, 0.25) is 0 Å². The molecular formula is C15H21NO3. The van der Waals surface area contributed by atoms with Gasteiger partial charge in [0.1, 0.15) is 0 Å². The molecule has 0 aromatic heterocycles. The topological polar surface area (TPSA) is 69.6 Å². The van der Waals surface area contributed by atoms with Gasteiger partial charge < -0.3 is 15.5 Å². The Kier molecular flexibility index (Phi) is 4.30. The normalized spacial score (nSPS) is 17.2. The molecule has 4 heteroatoms. The number of fused-ring (bicyclic) bond motifs is 1. The third-order valence-corrected chi connectivity index (χ3v) is 3.75. The van der Waals surface area contributed by atoms with Crippen molar-refractivity contribution in [2.45, 2.75) is 44.9 Å². The average molecular weight is 263 g/mol. The van der Waals surface area contributed by atoms with E-state index in [0.29, 0.717) is 13.0 Å². The maximum absolute atomic E-state index is 11.4. The summed E-state index contributed by atoms with van der Waals surface area (Å²) >= 11 is 0. The van der Waals surface area contributed by atoms with Gasteiger partial charge in [-0.3, -0.25) is 4.79 Å². The van der Waals surface area contributed by atoms with Crippen molar-refractivity contribution < 1.29 is 15.0 Å². The SMILES string of the molecule is CCCC(=O)NCC[C@@H]1CCc2ccc(O)c(O)c21. The van der Waals surface area contributed by atoms with Gasteiger partial charge in [-0.05, 0) is 43.2 Å². The Hall–Kier alpha value is -1.71. The van der Waals surface area contributed by atoms with Crippen LogP contribution in [0.3, 0.4) is 0 Å². The summed E-state index contributed by atoms with van der Waals surface area (Å²) in [6.07, 6.45) is 4.12. The van der Waals surface area contributed by atoms with E-state index in [0.717, 1.165) is 36.8 Å². The smallest absolute Gasteiger partial charge is 0.219 e. The lowest BCUT2D eigenvalue weighted by Gasteiger charge is -2.14. The zero-order chi connectivity index (χ0) is 13.8. The van der Waals surface area contributed by atoms with Crippen molar-refractivity contribution in [3.63, 3.8) is 0 Å². The predicted octanol–water partition coefficient (Wildman–Crippen LogP) is 2.43. The lowest BCUT2D eigenvalue weighted by atomic mass is 9.96. The molecule has 19 heavy (non-hydrogen) atoms. The van der Waals surface area contributed by atoms with Gasteiger partial charge >= 0.3 is 0 Å². The van der Waals surface area contributed by atoms with Gasteiger partial charge in [-0.1, -0.05) is 13.0 Å². The summed E-state index contributed by atoms with van der Waals surface area (Å²) in [6, 6.07) is 3.42. The van der Waals surface area contributed by atoms with Gasteiger partial charge in [0.25, 0.3) is 0 Å². The van der Waals surface area contributed by atoms with Gasteiger partial charge in [-0.2, -0.15) is 0 Å². The van der Waals surface area contributed by atoms with Crippen LogP contribution < -0.4 is 5.32 Å². The molecule has 0 saturated heterocycles. The molecule has 0 bridgehead atoms. The van der Waals surface area contributed by atoms with Crippen molar-refractivity contribution >= 4 is 5.91 Å². The summed E-state index contributed by atoms with van der Waals surface area (Å²) in [7, 11) is 0. The Morgan fingerprint density at radius 2 is 2.21 bits per heavy atom. The fourth-order valence-electron chi connectivity index (χ4n) is 2.78. The van der Waals surface area contributed by atoms with E-state index < -0.39 is 0 Å². The van der Waals surface area contributed by atoms with Crippen LogP contribution >= 0.6 is 0 Å². The highest BCUT2D eigenvalue weighted by Crippen LogP contribution is 2.44. The summed E-state index contributed by atoms with van der Waals surface area (Å²) in [5, 5.41) is 22.4. The van der Waals surface area contributed by atoms with Crippen molar-refractivity contribution in [1.82, 2.24) is 5.32 Å². The van der Waals surface area contributed by atoms with Crippen molar-refractivity contribution in [2.24, 2.45) is 0 Å². The molecule has 1 aromatic rings. The maximum atomic E-state index is 11.4. The van der Waals surface area contributed by atoms with E-state index >= 15 is 0 Å². The summed E-state index contributed by atoms with van der Waals surface area (Å²) in [4.78, 5) is 11.4. The molecule has 0 saturated carbocycles. The molecule has 0 radical (unpaired) electrons. The molecule has 1 amide bonds. The van der Waals surface area contributed by atoms with E-state index in [-0.39, 0.29) is 23.3 Å². The van der Waals surface area contributed by atoms with Crippen molar-refractivity contribution in [2.75, 3.05) is 6.54 Å². The van der Waals surface area contributed by atoms with Crippen molar-refractivity contribution in [3.05, 3.63) is 23.3 Å². The molecule has 4 nitrogen and oxygen atoms in total. The third kappa shape index (κ3) is 3.00. The average Bonchev–Trinajstić information content (AvgIpc) is 2.78. The highest BCUT2D eigenvalue weighted by molar-refractivity contribution is 5.75. The maximum Gasteiger partial charge on any atom is 0.219 e. The number of phenols is 2. The first kappa shape index (κ1) is 13.7. The molecule has 1 aliphatic carbocycles. The molecule has 0 fully saturated rings. The summed E-state index contributed by atoms with van der Waals surface area (Å²) in [5.41, 5.74) is 1.98. The predicted molar refractivity (Wildman–Crippen MR) is 73.4 cm³/mol. The number of hydrogen-bond donors (Lipinski definition) is 3. The number of nitrogens with one attached hydrogen (secondary N) is 1. The highest BCUT2D eigenvalue weighted by atomic mass is 16.3. The molecule has 3 N–H and O–H groups in total. The third-order valence-electron chi connectivity index (χ3n) is 3.75. The fourth-order valence-corrected chi connectivity index (χ4v) is 2.78. The van der Waals surface area contributed by atoms with E-state index in [1.54, 1.807) is 6.07 Å². The summed E-state index contributed by atoms with van der Waals surface area (Å²) < 4.78 is 0. The monoisotopic (exact) mass is 263 g/mol. The van der Waals surface area contributed by atoms with Crippen molar-refractivity contribution in [3.8, 4) is 11.5 Å². The summed E-state index contributed by atoms with van der Waals surface area (Å²) in [5.74, 6) is 0.269. The van der Waals surface area contributed by atoms with E-state index in [9.17, 15) is 15.0 Å². The van der Waals surface area contributed by atoms with Crippen molar-refractivity contribution in [1.29, 1.82) is 0 Å². The second-order valence-corrected chi connectivity index (χ2v) is 5.13. The van der Waals surface area contributed by atoms with Crippen LogP contribution in [-0.4, -0.2) is 22.7 Å². The minimum atomic E-state index is -0.0549. The molecular weight excluding hydrogens is 242 g/mol. The number of hydrogen-bond acceptors (Lipinski definition) is 3. The van der Waals surface area contributed by atoms with Crippen LogP contribution in [0.4, 0.5) is 0 Å². The zero-order valence-corrected chi connectivity index (χ0v) is 11.3. The molecule has 1 aromatic carbocycles. The van der Waals surface area contributed by atoms with Crippen LogP contribution in [0.25, 0.3) is 0 Å². The van der Waals surface area contributed by atoms with Gasteiger partial charge in [0.05, 0.1) is 0 Å². The summed E-state index contributed by atoms with van der Waals surface area (Å²) in [6.45, 7) is 2.60. The number of aryl methyl sites for hydroxylation is 1. The van der Waals surface area contributed by atoms with Crippen LogP contribution in [-0.2, 0) is 11.2 Å². The molecule has 0 unspecified atom stereocenters. The first-order valence-electron chi connectivity index (χ1n) is 6.93. The Labute approximate surface area is 113 Å². The minimum absolute atomic E-state index is 0.0138. The zero-order valence-electron chi connectivity index (χ0n) is 11.3. The van der Waals surface area contributed by atoms with E-state index in [2.05, 4.69) is 5.32 Å². The fraction of sp³-hybridized carbons (Fsp3) is 0.533. The highest BCUT2D eigenvalue weighted by Gasteiger charge is 2.26. The van der Waals surface area contributed by atoms with Gasteiger partial charge in [-0.15, -0.1) is 0 Å². The molecule has 0 aliphatic heterocycles. The molecule has 0 spiro atoms. The second-order valence-electron chi connectivity index (χ2n) is 5.13. The quantitative estimate of drug-likeness (QED) is 0.715. The number of benzene rings is 1. The largest absolute Gasteiger partial charge is 0.504 e. The molecule has 0 heterocycles.